The molecule has 0 saturated carbocycles. The van der Waals surface area contributed by atoms with Gasteiger partial charge in [-0.15, -0.1) is 11.3 Å². The minimum Gasteiger partial charge on any atom is -0.291 e. The summed E-state index contributed by atoms with van der Waals surface area (Å²) in [6, 6.07) is 24.6. The molecule has 0 unspecified atom stereocenters. The van der Waals surface area contributed by atoms with Gasteiger partial charge in [0.15, 0.2) is 3.95 Å². The number of benzene rings is 3. The summed E-state index contributed by atoms with van der Waals surface area (Å²) in [5, 5.41) is 0.564. The predicted octanol–water partition coefficient (Wildman–Crippen LogP) is 7.18. The molecule has 1 aliphatic rings. The number of carbonyl (C=O) groups is 1. The third-order valence-electron chi connectivity index (χ3n) is 5.28. The SMILES string of the molecule is O=C(CCn1c(=O)cc(-c2ccccc2)sc1=S)N1c2ccccc2Sc2ccc(Cl)cc21. The van der Waals surface area contributed by atoms with Gasteiger partial charge in [0.25, 0.3) is 5.56 Å². The molecule has 0 atom stereocenters. The van der Waals surface area contributed by atoms with Gasteiger partial charge in [-0.25, -0.2) is 0 Å². The topological polar surface area (TPSA) is 42.3 Å². The molecule has 33 heavy (non-hydrogen) atoms. The van der Waals surface area contributed by atoms with Crippen molar-refractivity contribution < 1.29 is 4.79 Å². The van der Waals surface area contributed by atoms with Crippen molar-refractivity contribution in [1.82, 2.24) is 4.57 Å². The van der Waals surface area contributed by atoms with Crippen LogP contribution < -0.4 is 10.5 Å². The molecule has 2 heterocycles. The van der Waals surface area contributed by atoms with Gasteiger partial charge in [0.1, 0.15) is 0 Å². The van der Waals surface area contributed by atoms with Crippen molar-refractivity contribution in [2.24, 2.45) is 0 Å². The Hall–Kier alpha value is -2.71. The van der Waals surface area contributed by atoms with Crippen LogP contribution in [0.5, 0.6) is 0 Å². The van der Waals surface area contributed by atoms with Gasteiger partial charge in [0, 0.05) is 38.7 Å². The number of halogens is 1. The fourth-order valence-corrected chi connectivity index (χ4v) is 6.27. The van der Waals surface area contributed by atoms with Crippen molar-refractivity contribution in [3.63, 3.8) is 0 Å². The Bertz CT molecular complexity index is 1450. The second kappa shape index (κ2) is 9.27. The lowest BCUT2D eigenvalue weighted by Crippen LogP contribution is -2.30. The Kier molecular flexibility index (Phi) is 6.21. The molecule has 1 aromatic heterocycles. The fourth-order valence-electron chi connectivity index (χ4n) is 3.72. The molecule has 1 amide bonds. The van der Waals surface area contributed by atoms with Gasteiger partial charge in [0.2, 0.25) is 5.91 Å². The van der Waals surface area contributed by atoms with Crippen molar-refractivity contribution in [1.29, 1.82) is 0 Å². The maximum absolute atomic E-state index is 13.4. The van der Waals surface area contributed by atoms with Gasteiger partial charge in [-0.1, -0.05) is 65.8 Å². The third-order valence-corrected chi connectivity index (χ3v) is 8.09. The summed E-state index contributed by atoms with van der Waals surface area (Å²) in [6.45, 7) is 0.212. The monoisotopic (exact) mass is 508 g/mol. The van der Waals surface area contributed by atoms with E-state index in [1.807, 2.05) is 66.7 Å². The first-order valence-electron chi connectivity index (χ1n) is 10.2. The Morgan fingerprint density at radius 1 is 0.909 bits per heavy atom. The minimum absolute atomic E-state index is 0.121. The highest BCUT2D eigenvalue weighted by Gasteiger charge is 2.28. The van der Waals surface area contributed by atoms with Crippen molar-refractivity contribution in [2.45, 2.75) is 22.8 Å². The molecule has 0 aliphatic carbocycles. The summed E-state index contributed by atoms with van der Waals surface area (Å²) in [6.07, 6.45) is 0.131. The maximum Gasteiger partial charge on any atom is 0.253 e. The van der Waals surface area contributed by atoms with Crippen LogP contribution in [0.15, 0.2) is 93.4 Å². The van der Waals surface area contributed by atoms with Crippen LogP contribution in [-0.2, 0) is 11.3 Å². The Morgan fingerprint density at radius 2 is 1.64 bits per heavy atom. The molecule has 0 spiro atoms. The molecule has 0 N–H and O–H groups in total. The summed E-state index contributed by atoms with van der Waals surface area (Å²) >= 11 is 14.7. The standard InChI is InChI=1S/C25H17ClN2O2S3/c26-17-10-11-21-19(14-17)28(18-8-4-5-9-20(18)32-21)23(29)12-13-27-24(30)15-22(33-25(27)31)16-6-2-1-3-7-16/h1-11,14-15H,12-13H2. The first kappa shape index (κ1) is 22.1. The van der Waals surface area contributed by atoms with Gasteiger partial charge in [-0.05, 0) is 48.1 Å². The molecule has 1 aliphatic heterocycles. The molecular formula is C25H17ClN2O2S3. The maximum atomic E-state index is 13.4. The van der Waals surface area contributed by atoms with E-state index in [9.17, 15) is 9.59 Å². The summed E-state index contributed by atoms with van der Waals surface area (Å²) in [5.41, 5.74) is 2.31. The second-order valence-corrected chi connectivity index (χ2v) is 10.6. The van der Waals surface area contributed by atoms with Gasteiger partial charge >= 0.3 is 0 Å². The number of hydrogen-bond acceptors (Lipinski definition) is 5. The van der Waals surface area contributed by atoms with Crippen molar-refractivity contribution >= 4 is 64.2 Å². The van der Waals surface area contributed by atoms with E-state index >= 15 is 0 Å². The van der Waals surface area contributed by atoms with Gasteiger partial charge in [0.05, 0.1) is 11.4 Å². The van der Waals surface area contributed by atoms with Crippen LogP contribution in [0, 0.1) is 3.95 Å². The van der Waals surface area contributed by atoms with Crippen LogP contribution in [0.25, 0.3) is 10.4 Å². The molecule has 4 nitrogen and oxygen atoms in total. The van der Waals surface area contributed by atoms with E-state index in [0.717, 1.165) is 31.6 Å². The summed E-state index contributed by atoms with van der Waals surface area (Å²) in [4.78, 5) is 30.7. The first-order chi connectivity index (χ1) is 16.0. The van der Waals surface area contributed by atoms with Crippen LogP contribution in [0.3, 0.4) is 0 Å². The number of fused-ring (bicyclic) bond motifs is 2. The van der Waals surface area contributed by atoms with Crippen LogP contribution in [-0.4, -0.2) is 10.5 Å². The first-order valence-corrected chi connectivity index (χ1v) is 12.6. The highest BCUT2D eigenvalue weighted by molar-refractivity contribution is 7.99. The summed E-state index contributed by atoms with van der Waals surface area (Å²) in [7, 11) is 0. The zero-order chi connectivity index (χ0) is 22.9. The third kappa shape index (κ3) is 4.42. The number of hydrogen-bond donors (Lipinski definition) is 0. The number of amides is 1. The smallest absolute Gasteiger partial charge is 0.253 e. The highest BCUT2D eigenvalue weighted by Crippen LogP contribution is 2.49. The quantitative estimate of drug-likeness (QED) is 0.274. The summed E-state index contributed by atoms with van der Waals surface area (Å²) in [5.74, 6) is -0.121. The molecule has 0 fully saturated rings. The number of anilines is 2. The Labute approximate surface area is 209 Å². The Morgan fingerprint density at radius 3 is 2.42 bits per heavy atom. The molecule has 0 radical (unpaired) electrons. The van der Waals surface area contributed by atoms with E-state index in [1.165, 1.54) is 15.9 Å². The predicted molar refractivity (Wildman–Crippen MR) is 139 cm³/mol. The van der Waals surface area contributed by atoms with Crippen molar-refractivity contribution in [3.05, 3.63) is 98.2 Å². The van der Waals surface area contributed by atoms with Gasteiger partial charge in [-0.2, -0.15) is 0 Å². The average molecular weight is 509 g/mol. The van der Waals surface area contributed by atoms with E-state index in [1.54, 1.807) is 28.8 Å². The van der Waals surface area contributed by atoms with Gasteiger partial charge < -0.3 is 0 Å². The largest absolute Gasteiger partial charge is 0.291 e. The second-order valence-electron chi connectivity index (χ2n) is 7.39. The zero-order valence-electron chi connectivity index (χ0n) is 17.2. The molecule has 4 aromatic rings. The molecule has 8 heteroatoms. The van der Waals surface area contributed by atoms with Crippen molar-refractivity contribution in [2.75, 3.05) is 4.90 Å². The molecule has 0 saturated heterocycles. The van der Waals surface area contributed by atoms with Crippen LogP contribution in [0.1, 0.15) is 6.42 Å². The number of rotatable bonds is 4. The average Bonchev–Trinajstić information content (AvgIpc) is 2.82. The van der Waals surface area contributed by atoms with Crippen LogP contribution >= 0.6 is 46.9 Å². The van der Waals surface area contributed by atoms with Crippen molar-refractivity contribution in [3.8, 4) is 10.4 Å². The molecule has 0 bridgehead atoms. The lowest BCUT2D eigenvalue weighted by Gasteiger charge is -2.31. The summed E-state index contributed by atoms with van der Waals surface area (Å²) < 4.78 is 1.94. The van der Waals surface area contributed by atoms with E-state index in [-0.39, 0.29) is 24.4 Å². The van der Waals surface area contributed by atoms with Crippen LogP contribution in [0.2, 0.25) is 5.02 Å². The number of aromatic nitrogens is 1. The molecular weight excluding hydrogens is 492 g/mol. The lowest BCUT2D eigenvalue weighted by molar-refractivity contribution is -0.118. The lowest BCUT2D eigenvalue weighted by atomic mass is 10.2. The fraction of sp³-hybridized carbons (Fsp3) is 0.0800. The van der Waals surface area contributed by atoms with Gasteiger partial charge in [-0.3, -0.25) is 19.1 Å². The highest BCUT2D eigenvalue weighted by atomic mass is 35.5. The minimum atomic E-state index is -0.205. The van der Waals surface area contributed by atoms with E-state index in [0.29, 0.717) is 8.98 Å². The van der Waals surface area contributed by atoms with Crippen LogP contribution in [0.4, 0.5) is 11.4 Å². The van der Waals surface area contributed by atoms with E-state index in [4.69, 9.17) is 23.8 Å². The van der Waals surface area contributed by atoms with E-state index < -0.39 is 0 Å². The number of carbonyl (C=O) groups excluding carboxylic acids is 1. The normalized spacial score (nSPS) is 12.2. The number of nitrogens with zero attached hydrogens (tertiary/aromatic N) is 2. The molecule has 3 aromatic carbocycles. The Balaban J connectivity index is 1.44. The molecule has 164 valence electrons. The van der Waals surface area contributed by atoms with E-state index in [2.05, 4.69) is 0 Å². The molecule has 5 rings (SSSR count). The number of para-hydroxylation sites is 1. The zero-order valence-corrected chi connectivity index (χ0v) is 20.4.